The first kappa shape index (κ1) is 13.6. The monoisotopic (exact) mass is 271 g/mol. The molecule has 3 N–H and O–H groups in total. The Balaban J connectivity index is 2.09. The van der Waals surface area contributed by atoms with Gasteiger partial charge in [-0.05, 0) is 24.8 Å². The summed E-state index contributed by atoms with van der Waals surface area (Å²) in [5.41, 5.74) is 6.21. The Labute approximate surface area is 108 Å². The van der Waals surface area contributed by atoms with E-state index in [0.29, 0.717) is 23.9 Å². The standard InChI is InChI=1S/C12H21N3O2S/c1-15(9-10-4-2-3-5-10)18(16,17)12-6-11(7-13)14-8-12/h6,8,10,14H,2-5,7,9,13H2,1H3. The second-order valence-electron chi connectivity index (χ2n) is 5.00. The molecule has 1 aromatic rings. The predicted molar refractivity (Wildman–Crippen MR) is 70.5 cm³/mol. The van der Waals surface area contributed by atoms with E-state index in [4.69, 9.17) is 5.73 Å². The molecule has 102 valence electrons. The van der Waals surface area contributed by atoms with Crippen molar-refractivity contribution in [1.29, 1.82) is 0 Å². The molecule has 1 heterocycles. The summed E-state index contributed by atoms with van der Waals surface area (Å²) in [5.74, 6) is 0.512. The molecule has 1 saturated carbocycles. The Morgan fingerprint density at radius 3 is 2.67 bits per heavy atom. The molecule has 1 aliphatic rings. The van der Waals surface area contributed by atoms with Gasteiger partial charge in [-0.1, -0.05) is 12.8 Å². The molecule has 1 aliphatic carbocycles. The minimum absolute atomic E-state index is 0.309. The van der Waals surface area contributed by atoms with Crippen molar-refractivity contribution < 1.29 is 8.42 Å². The third kappa shape index (κ3) is 2.76. The van der Waals surface area contributed by atoms with Crippen LogP contribution in [0.25, 0.3) is 0 Å². The quantitative estimate of drug-likeness (QED) is 0.846. The number of aromatic nitrogens is 1. The van der Waals surface area contributed by atoms with E-state index in [1.165, 1.54) is 23.3 Å². The SMILES string of the molecule is CN(CC1CCCC1)S(=O)(=O)c1c[nH]c(CN)c1. The van der Waals surface area contributed by atoms with Gasteiger partial charge in [0, 0.05) is 32.0 Å². The van der Waals surface area contributed by atoms with E-state index >= 15 is 0 Å². The summed E-state index contributed by atoms with van der Waals surface area (Å²) in [7, 11) is -1.71. The fourth-order valence-corrected chi connectivity index (χ4v) is 3.79. The van der Waals surface area contributed by atoms with Gasteiger partial charge in [-0.25, -0.2) is 12.7 Å². The second-order valence-corrected chi connectivity index (χ2v) is 7.05. The predicted octanol–water partition coefficient (Wildman–Crippen LogP) is 1.28. The Bertz CT molecular complexity index is 489. The van der Waals surface area contributed by atoms with Gasteiger partial charge in [0.05, 0.1) is 4.90 Å². The van der Waals surface area contributed by atoms with Crippen LogP contribution < -0.4 is 5.73 Å². The Hall–Kier alpha value is -0.850. The molecule has 0 spiro atoms. The first-order valence-corrected chi connectivity index (χ1v) is 7.81. The van der Waals surface area contributed by atoms with Crippen molar-refractivity contribution in [2.45, 2.75) is 37.1 Å². The van der Waals surface area contributed by atoms with Crippen molar-refractivity contribution in [3.05, 3.63) is 18.0 Å². The van der Waals surface area contributed by atoms with Crippen LogP contribution in [0.2, 0.25) is 0 Å². The Morgan fingerprint density at radius 1 is 1.44 bits per heavy atom. The number of nitrogens with zero attached hydrogens (tertiary/aromatic N) is 1. The topological polar surface area (TPSA) is 79.2 Å². The van der Waals surface area contributed by atoms with Crippen LogP contribution in [0, 0.1) is 5.92 Å². The Morgan fingerprint density at radius 2 is 2.11 bits per heavy atom. The molecule has 0 aliphatic heterocycles. The van der Waals surface area contributed by atoms with Crippen LogP contribution in [0.1, 0.15) is 31.4 Å². The van der Waals surface area contributed by atoms with Crippen LogP contribution >= 0.6 is 0 Å². The van der Waals surface area contributed by atoms with Crippen LogP contribution in [-0.2, 0) is 16.6 Å². The molecule has 0 atom stereocenters. The highest BCUT2D eigenvalue weighted by molar-refractivity contribution is 7.89. The maximum Gasteiger partial charge on any atom is 0.244 e. The highest BCUT2D eigenvalue weighted by Gasteiger charge is 2.26. The molecule has 1 fully saturated rings. The number of H-pyrrole nitrogens is 1. The zero-order valence-corrected chi connectivity index (χ0v) is 11.5. The van der Waals surface area contributed by atoms with Gasteiger partial charge < -0.3 is 10.7 Å². The molecular formula is C12H21N3O2S. The average Bonchev–Trinajstić information content (AvgIpc) is 2.99. The van der Waals surface area contributed by atoms with Gasteiger partial charge in [-0.15, -0.1) is 0 Å². The van der Waals surface area contributed by atoms with Crippen molar-refractivity contribution in [2.75, 3.05) is 13.6 Å². The van der Waals surface area contributed by atoms with E-state index < -0.39 is 10.0 Å². The molecule has 6 heteroatoms. The molecule has 0 radical (unpaired) electrons. The number of nitrogens with two attached hydrogens (primary N) is 1. The summed E-state index contributed by atoms with van der Waals surface area (Å²) in [4.78, 5) is 3.19. The smallest absolute Gasteiger partial charge is 0.244 e. The lowest BCUT2D eigenvalue weighted by Gasteiger charge is -2.19. The van der Waals surface area contributed by atoms with Gasteiger partial charge in [-0.2, -0.15) is 0 Å². The van der Waals surface area contributed by atoms with Crippen molar-refractivity contribution in [2.24, 2.45) is 11.7 Å². The van der Waals surface area contributed by atoms with Crippen LogP contribution in [-0.4, -0.2) is 31.3 Å². The fourth-order valence-electron chi connectivity index (χ4n) is 2.52. The molecule has 5 nitrogen and oxygen atoms in total. The van der Waals surface area contributed by atoms with Crippen molar-refractivity contribution in [1.82, 2.24) is 9.29 Å². The maximum atomic E-state index is 12.3. The first-order chi connectivity index (χ1) is 8.54. The van der Waals surface area contributed by atoms with Gasteiger partial charge in [0.1, 0.15) is 0 Å². The van der Waals surface area contributed by atoms with Gasteiger partial charge in [-0.3, -0.25) is 0 Å². The summed E-state index contributed by atoms with van der Waals surface area (Å²) in [6.45, 7) is 0.938. The van der Waals surface area contributed by atoms with E-state index in [1.54, 1.807) is 13.1 Å². The maximum absolute atomic E-state index is 12.3. The number of rotatable bonds is 5. The van der Waals surface area contributed by atoms with Gasteiger partial charge in [0.15, 0.2) is 0 Å². The van der Waals surface area contributed by atoms with E-state index in [2.05, 4.69) is 4.98 Å². The first-order valence-electron chi connectivity index (χ1n) is 6.37. The molecular weight excluding hydrogens is 250 g/mol. The van der Waals surface area contributed by atoms with E-state index in [1.807, 2.05) is 0 Å². The molecule has 2 rings (SSSR count). The van der Waals surface area contributed by atoms with Crippen molar-refractivity contribution in [3.63, 3.8) is 0 Å². The van der Waals surface area contributed by atoms with Crippen molar-refractivity contribution >= 4 is 10.0 Å². The molecule has 18 heavy (non-hydrogen) atoms. The van der Waals surface area contributed by atoms with E-state index in [9.17, 15) is 8.42 Å². The highest BCUT2D eigenvalue weighted by atomic mass is 32.2. The van der Waals surface area contributed by atoms with Crippen LogP contribution in [0.15, 0.2) is 17.2 Å². The summed E-state index contributed by atoms with van der Waals surface area (Å²) in [6.07, 6.45) is 6.24. The lowest BCUT2D eigenvalue weighted by atomic mass is 10.1. The summed E-state index contributed by atoms with van der Waals surface area (Å²) in [5, 5.41) is 0. The molecule has 0 unspecified atom stereocenters. The third-order valence-corrected chi connectivity index (χ3v) is 5.44. The number of nitrogens with one attached hydrogen (secondary N) is 1. The lowest BCUT2D eigenvalue weighted by molar-refractivity contribution is 0.387. The summed E-state index contributed by atoms with van der Waals surface area (Å²) >= 11 is 0. The minimum atomic E-state index is -3.37. The average molecular weight is 271 g/mol. The number of hydrogen-bond acceptors (Lipinski definition) is 3. The Kier molecular flexibility index (Phi) is 4.09. The van der Waals surface area contributed by atoms with Gasteiger partial charge >= 0.3 is 0 Å². The van der Waals surface area contributed by atoms with Gasteiger partial charge in [0.25, 0.3) is 0 Å². The number of hydrogen-bond donors (Lipinski definition) is 2. The number of sulfonamides is 1. The molecule has 0 aromatic carbocycles. The highest BCUT2D eigenvalue weighted by Crippen LogP contribution is 2.27. The van der Waals surface area contributed by atoms with Crippen LogP contribution in [0.5, 0.6) is 0 Å². The van der Waals surface area contributed by atoms with Crippen molar-refractivity contribution in [3.8, 4) is 0 Å². The third-order valence-electron chi connectivity index (χ3n) is 3.63. The van der Waals surface area contributed by atoms with Crippen LogP contribution in [0.3, 0.4) is 0 Å². The summed E-state index contributed by atoms with van der Waals surface area (Å²) in [6, 6.07) is 1.61. The normalized spacial score (nSPS) is 17.7. The summed E-state index contributed by atoms with van der Waals surface area (Å²) < 4.78 is 26.1. The second kappa shape index (κ2) is 5.42. The molecule has 0 bridgehead atoms. The minimum Gasteiger partial charge on any atom is -0.363 e. The van der Waals surface area contributed by atoms with E-state index in [0.717, 1.165) is 18.5 Å². The van der Waals surface area contributed by atoms with Gasteiger partial charge in [0.2, 0.25) is 10.0 Å². The zero-order chi connectivity index (χ0) is 13.2. The zero-order valence-electron chi connectivity index (χ0n) is 10.7. The number of aromatic amines is 1. The molecule has 0 amide bonds. The lowest BCUT2D eigenvalue weighted by Crippen LogP contribution is -2.31. The molecule has 0 saturated heterocycles. The van der Waals surface area contributed by atoms with Crippen LogP contribution in [0.4, 0.5) is 0 Å². The molecule has 1 aromatic heterocycles. The largest absolute Gasteiger partial charge is 0.363 e. The fraction of sp³-hybridized carbons (Fsp3) is 0.667. The van der Waals surface area contributed by atoms with E-state index in [-0.39, 0.29) is 0 Å².